The van der Waals surface area contributed by atoms with Crippen LogP contribution < -0.4 is 32.4 Å². The highest BCUT2D eigenvalue weighted by molar-refractivity contribution is 5.28. The number of ether oxygens (including phenoxy) is 2. The number of aliphatic hydroxyl groups is 2. The van der Waals surface area contributed by atoms with E-state index in [2.05, 4.69) is 0 Å². The molecule has 0 aliphatic heterocycles. The van der Waals surface area contributed by atoms with Crippen molar-refractivity contribution < 1.29 is 28.7 Å². The summed E-state index contributed by atoms with van der Waals surface area (Å²) in [6.45, 7) is -0.297. The maximum absolute atomic E-state index is 11.5. The Hall–Kier alpha value is -4.56. The van der Waals surface area contributed by atoms with Crippen LogP contribution in [0.25, 0.3) is 0 Å². The Labute approximate surface area is 200 Å². The number of aliphatic hydroxyl groups excluding tert-OH is 2. The maximum Gasteiger partial charge on any atom is 0.440 e. The summed E-state index contributed by atoms with van der Waals surface area (Å²) in [6, 6.07) is 13.1. The third kappa shape index (κ3) is 6.31. The average molecular weight is 502 g/mol. The van der Waals surface area contributed by atoms with Gasteiger partial charge in [-0.1, -0.05) is 24.3 Å². The van der Waals surface area contributed by atoms with Gasteiger partial charge in [0.1, 0.15) is 36.9 Å². The van der Waals surface area contributed by atoms with Gasteiger partial charge in [0.15, 0.2) is 0 Å². The second kappa shape index (κ2) is 10.8. The molecule has 0 saturated carbocycles. The third-order valence-electron chi connectivity index (χ3n) is 5.04. The van der Waals surface area contributed by atoms with Crippen LogP contribution >= 0.6 is 0 Å². The molecular formula is C22H22N4O10. The van der Waals surface area contributed by atoms with Gasteiger partial charge in [-0.15, -0.1) is 9.48 Å². The summed E-state index contributed by atoms with van der Waals surface area (Å²) < 4.78 is 22.1. The van der Waals surface area contributed by atoms with Crippen LogP contribution in [-0.2, 0) is 13.1 Å². The van der Waals surface area contributed by atoms with Crippen molar-refractivity contribution in [2.24, 2.45) is 0 Å². The van der Waals surface area contributed by atoms with Gasteiger partial charge in [0, 0.05) is 0 Å². The number of aromatic nitrogens is 4. The van der Waals surface area contributed by atoms with E-state index in [1.54, 1.807) is 48.5 Å². The molecule has 0 aliphatic rings. The van der Waals surface area contributed by atoms with E-state index >= 15 is 0 Å². The summed E-state index contributed by atoms with van der Waals surface area (Å²) in [5.74, 6) is -0.839. The van der Waals surface area contributed by atoms with E-state index in [4.69, 9.17) is 18.5 Å². The number of nitrogens with one attached hydrogen (secondary N) is 2. The van der Waals surface area contributed by atoms with Crippen molar-refractivity contribution in [3.05, 3.63) is 102 Å². The summed E-state index contributed by atoms with van der Waals surface area (Å²) in [4.78, 5) is 49.0. The van der Waals surface area contributed by atoms with E-state index in [1.165, 1.54) is 0 Å². The van der Waals surface area contributed by atoms with Gasteiger partial charge in [-0.25, -0.2) is 29.1 Å². The van der Waals surface area contributed by atoms with Gasteiger partial charge in [0.25, 0.3) is 0 Å². The van der Waals surface area contributed by atoms with Gasteiger partial charge in [-0.3, -0.25) is 0 Å². The van der Waals surface area contributed by atoms with Crippen LogP contribution in [0.5, 0.6) is 11.5 Å². The molecule has 2 heterocycles. The predicted molar refractivity (Wildman–Crippen MR) is 121 cm³/mol. The first kappa shape index (κ1) is 24.6. The van der Waals surface area contributed by atoms with Crippen LogP contribution in [0.15, 0.2) is 76.8 Å². The van der Waals surface area contributed by atoms with Crippen molar-refractivity contribution in [1.82, 2.24) is 19.4 Å². The Morgan fingerprint density at radius 3 is 1.33 bits per heavy atom. The summed E-state index contributed by atoms with van der Waals surface area (Å²) in [7, 11) is 0. The lowest BCUT2D eigenvalue weighted by Crippen LogP contribution is -2.36. The minimum atomic E-state index is -1.24. The lowest BCUT2D eigenvalue weighted by Gasteiger charge is -2.19. The van der Waals surface area contributed by atoms with Crippen molar-refractivity contribution in [3.8, 4) is 11.5 Å². The molecule has 2 aromatic heterocycles. The van der Waals surface area contributed by atoms with Gasteiger partial charge in [-0.05, 0) is 35.4 Å². The molecule has 0 radical (unpaired) electrons. The van der Waals surface area contributed by atoms with Crippen LogP contribution in [0.2, 0.25) is 0 Å². The fourth-order valence-corrected chi connectivity index (χ4v) is 3.14. The first-order valence-corrected chi connectivity index (χ1v) is 10.7. The second-order valence-electron chi connectivity index (χ2n) is 7.74. The molecule has 2 atom stereocenters. The smallest absolute Gasteiger partial charge is 0.440 e. The van der Waals surface area contributed by atoms with Gasteiger partial charge < -0.3 is 28.7 Å². The van der Waals surface area contributed by atoms with Crippen LogP contribution in [0, 0.1) is 0 Å². The summed E-state index contributed by atoms with van der Waals surface area (Å²) >= 11 is 0. The molecule has 0 fully saturated rings. The molecule has 14 heteroatoms. The normalized spacial score (nSPS) is 12.8. The quantitative estimate of drug-likeness (QED) is 0.194. The highest BCUT2D eigenvalue weighted by atomic mass is 16.5. The largest absolute Gasteiger partial charge is 0.491 e. The molecule has 36 heavy (non-hydrogen) atoms. The Bertz CT molecular complexity index is 1390. The van der Waals surface area contributed by atoms with Crippen molar-refractivity contribution >= 4 is 0 Å². The molecule has 4 aromatic rings. The van der Waals surface area contributed by atoms with Gasteiger partial charge in [0.2, 0.25) is 0 Å². The zero-order valence-electron chi connectivity index (χ0n) is 18.7. The zero-order valence-corrected chi connectivity index (χ0v) is 18.7. The molecule has 0 saturated heterocycles. The van der Waals surface area contributed by atoms with Gasteiger partial charge in [-0.2, -0.15) is 0 Å². The highest BCUT2D eigenvalue weighted by Gasteiger charge is 2.18. The summed E-state index contributed by atoms with van der Waals surface area (Å²) in [5, 5.41) is 20.3. The van der Waals surface area contributed by atoms with E-state index in [-0.39, 0.29) is 26.3 Å². The van der Waals surface area contributed by atoms with Crippen LogP contribution in [0.3, 0.4) is 0 Å². The number of benzene rings is 2. The Morgan fingerprint density at radius 1 is 0.667 bits per heavy atom. The number of aromatic amines is 2. The van der Waals surface area contributed by atoms with E-state index in [0.717, 1.165) is 9.48 Å². The Balaban J connectivity index is 1.22. The van der Waals surface area contributed by atoms with Crippen molar-refractivity contribution in [3.63, 3.8) is 0 Å². The monoisotopic (exact) mass is 502 g/mol. The van der Waals surface area contributed by atoms with Crippen molar-refractivity contribution in [2.75, 3.05) is 13.2 Å². The Morgan fingerprint density at radius 2 is 1.03 bits per heavy atom. The maximum atomic E-state index is 11.5. The lowest BCUT2D eigenvalue weighted by molar-refractivity contribution is -0.0288. The first-order valence-electron chi connectivity index (χ1n) is 10.7. The lowest BCUT2D eigenvalue weighted by atomic mass is 10.2. The summed E-state index contributed by atoms with van der Waals surface area (Å²) in [6.07, 6.45) is -2.47. The highest BCUT2D eigenvalue weighted by Crippen LogP contribution is 2.15. The molecule has 0 bridgehead atoms. The molecular weight excluding hydrogens is 480 g/mol. The zero-order chi connectivity index (χ0) is 25.7. The fraction of sp³-hybridized carbons (Fsp3) is 0.273. The molecule has 2 unspecified atom stereocenters. The van der Waals surface area contributed by atoms with Crippen LogP contribution in [0.4, 0.5) is 0 Å². The van der Waals surface area contributed by atoms with Crippen LogP contribution in [-0.4, -0.2) is 55.1 Å². The average Bonchev–Trinajstić information content (AvgIpc) is 3.35. The molecule has 0 spiro atoms. The molecule has 0 aliphatic carbocycles. The van der Waals surface area contributed by atoms with Crippen molar-refractivity contribution in [2.45, 2.75) is 25.3 Å². The minimum absolute atomic E-state index is 0.0541. The molecule has 2 aromatic carbocycles. The molecule has 0 amide bonds. The SMILES string of the molecule is O=c1[nH]c(=O)n(Cc2ccc(OCC(O)C(O)COc3ccc(Cn4oc(=O)[nH]c4=O)cc3)cc2)o1. The van der Waals surface area contributed by atoms with E-state index in [1.807, 2.05) is 9.97 Å². The fourth-order valence-electron chi connectivity index (χ4n) is 3.14. The summed E-state index contributed by atoms with van der Waals surface area (Å²) in [5.41, 5.74) is 0.0480. The number of rotatable bonds is 11. The number of hydrogen-bond acceptors (Lipinski definition) is 10. The van der Waals surface area contributed by atoms with Gasteiger partial charge >= 0.3 is 22.9 Å². The third-order valence-corrected chi connectivity index (χ3v) is 5.04. The standard InChI is InChI=1S/C22H22N4O10/c27-17(11-33-15-5-1-13(2-6-15)9-25-19(29)23-21(31)35-25)18(28)12-34-16-7-3-14(4-8-16)10-26-20(30)24-22(32)36-26/h1-8,17-18,27-28H,9-12H2,(H,23,29,31)(H,24,30,32). The molecule has 4 rings (SSSR count). The van der Waals surface area contributed by atoms with Gasteiger partial charge in [0.05, 0.1) is 13.1 Å². The Kier molecular flexibility index (Phi) is 7.36. The second-order valence-corrected chi connectivity index (χ2v) is 7.74. The number of H-pyrrole nitrogens is 2. The van der Waals surface area contributed by atoms with E-state index < -0.39 is 35.1 Å². The molecule has 14 nitrogen and oxygen atoms in total. The first-order chi connectivity index (χ1) is 17.3. The minimum Gasteiger partial charge on any atom is -0.491 e. The predicted octanol–water partition coefficient (Wildman–Crippen LogP) is -1.15. The van der Waals surface area contributed by atoms with Crippen molar-refractivity contribution in [1.29, 1.82) is 0 Å². The van der Waals surface area contributed by atoms with E-state index in [9.17, 15) is 29.4 Å². The molecule has 4 N–H and O–H groups in total. The van der Waals surface area contributed by atoms with E-state index in [0.29, 0.717) is 22.6 Å². The molecule has 190 valence electrons. The number of nitrogens with zero attached hydrogens (tertiary/aromatic N) is 2. The van der Waals surface area contributed by atoms with Crippen LogP contribution in [0.1, 0.15) is 11.1 Å². The number of hydrogen-bond donors (Lipinski definition) is 4. The topological polar surface area (TPSA) is 195 Å².